The van der Waals surface area contributed by atoms with Crippen LogP contribution in [0.4, 0.5) is 10.2 Å². The van der Waals surface area contributed by atoms with E-state index in [-0.39, 0.29) is 24.1 Å². The number of hydrogen-bond acceptors (Lipinski definition) is 6. The number of carbonyl (C=O) groups is 2. The molecule has 0 fully saturated rings. The largest absolute Gasteiger partial charge is 0.463 e. The molecule has 38 heavy (non-hydrogen) atoms. The van der Waals surface area contributed by atoms with Crippen LogP contribution in [0, 0.1) is 5.82 Å². The molecule has 0 spiro atoms. The molecule has 2 aromatic heterocycles. The maximum atomic E-state index is 15.0. The molecule has 1 N–H and O–H groups in total. The lowest BCUT2D eigenvalue weighted by Crippen LogP contribution is -2.39. The van der Waals surface area contributed by atoms with Crippen molar-refractivity contribution in [3.63, 3.8) is 0 Å². The molecular formula is C29H28FN5O3. The third-order valence-electron chi connectivity index (χ3n) is 6.73. The molecule has 1 aliphatic heterocycles. The number of rotatable bonds is 6. The van der Waals surface area contributed by atoms with Crippen molar-refractivity contribution < 1.29 is 18.7 Å². The first-order valence-electron chi connectivity index (χ1n) is 12.5. The maximum absolute atomic E-state index is 15.0. The van der Waals surface area contributed by atoms with Crippen LogP contribution in [0.15, 0.2) is 60.7 Å². The molecule has 194 valence electrons. The van der Waals surface area contributed by atoms with Crippen molar-refractivity contribution in [2.45, 2.75) is 26.3 Å². The summed E-state index contributed by atoms with van der Waals surface area (Å²) in [7, 11) is 1.73. The van der Waals surface area contributed by atoms with Gasteiger partial charge in [-0.15, -0.1) is 0 Å². The molecule has 9 heteroatoms. The second-order valence-corrected chi connectivity index (χ2v) is 9.02. The van der Waals surface area contributed by atoms with Crippen LogP contribution in [0.25, 0.3) is 23.0 Å². The minimum Gasteiger partial charge on any atom is -0.463 e. The molecule has 0 radical (unpaired) electrons. The highest BCUT2D eigenvalue weighted by Crippen LogP contribution is 2.31. The number of aromatic nitrogens is 3. The van der Waals surface area contributed by atoms with E-state index >= 15 is 4.39 Å². The number of fused-ring (bicyclic) bond motifs is 2. The van der Waals surface area contributed by atoms with Crippen LogP contribution < -0.4 is 5.32 Å². The number of anilines is 1. The van der Waals surface area contributed by atoms with Crippen molar-refractivity contribution in [1.82, 2.24) is 19.5 Å². The van der Waals surface area contributed by atoms with Gasteiger partial charge in [0.05, 0.1) is 18.3 Å². The van der Waals surface area contributed by atoms with Crippen LogP contribution in [-0.2, 0) is 16.0 Å². The molecule has 4 aromatic rings. The Hall–Kier alpha value is -4.53. The fourth-order valence-electron chi connectivity index (χ4n) is 4.79. The van der Waals surface area contributed by atoms with Gasteiger partial charge in [0.2, 0.25) is 0 Å². The number of carbonyl (C=O) groups excluding carboxylic acids is 2. The Morgan fingerprint density at radius 1 is 1.18 bits per heavy atom. The summed E-state index contributed by atoms with van der Waals surface area (Å²) in [6.45, 7) is 4.62. The lowest BCUT2D eigenvalue weighted by atomic mass is 9.93. The third-order valence-corrected chi connectivity index (χ3v) is 6.73. The van der Waals surface area contributed by atoms with Crippen LogP contribution in [0.2, 0.25) is 0 Å². The lowest BCUT2D eigenvalue weighted by Gasteiger charge is -2.35. The van der Waals surface area contributed by atoms with Gasteiger partial charge in [-0.3, -0.25) is 4.79 Å². The van der Waals surface area contributed by atoms with Crippen molar-refractivity contribution in [3.05, 3.63) is 88.9 Å². The van der Waals surface area contributed by atoms with Gasteiger partial charge in [-0.1, -0.05) is 30.3 Å². The molecule has 0 unspecified atom stereocenters. The summed E-state index contributed by atoms with van der Waals surface area (Å²) in [5.74, 6) is -0.597. The number of hydrogen-bond donors (Lipinski definition) is 1. The van der Waals surface area contributed by atoms with Gasteiger partial charge >= 0.3 is 5.97 Å². The molecule has 0 bridgehead atoms. The van der Waals surface area contributed by atoms with Crippen molar-refractivity contribution in [2.75, 3.05) is 25.5 Å². The number of ether oxygens (including phenoxy) is 1. The molecule has 0 saturated carbocycles. The van der Waals surface area contributed by atoms with E-state index in [0.717, 1.165) is 12.0 Å². The van der Waals surface area contributed by atoms with Crippen molar-refractivity contribution in [3.8, 4) is 11.3 Å². The van der Waals surface area contributed by atoms with Gasteiger partial charge in [0, 0.05) is 37.4 Å². The highest BCUT2D eigenvalue weighted by molar-refractivity contribution is 5.94. The highest BCUT2D eigenvalue weighted by atomic mass is 19.1. The smallest absolute Gasteiger partial charge is 0.330 e. The minimum absolute atomic E-state index is 0.0746. The summed E-state index contributed by atoms with van der Waals surface area (Å²) in [6, 6.07) is 16.0. The molecule has 8 nitrogen and oxygen atoms in total. The number of halogens is 1. The Labute approximate surface area is 219 Å². The summed E-state index contributed by atoms with van der Waals surface area (Å²) in [6.07, 6.45) is 3.54. The Morgan fingerprint density at radius 2 is 2.00 bits per heavy atom. The molecule has 2 aromatic carbocycles. The Balaban J connectivity index is 1.45. The first-order chi connectivity index (χ1) is 18.4. The van der Waals surface area contributed by atoms with Crippen LogP contribution >= 0.6 is 0 Å². The molecule has 1 amide bonds. The summed E-state index contributed by atoms with van der Waals surface area (Å²) in [5.41, 5.74) is 4.28. The third kappa shape index (κ3) is 4.74. The van der Waals surface area contributed by atoms with Crippen molar-refractivity contribution in [1.29, 1.82) is 0 Å². The van der Waals surface area contributed by atoms with Gasteiger partial charge in [0.15, 0.2) is 5.65 Å². The molecule has 1 aliphatic rings. The highest BCUT2D eigenvalue weighted by Gasteiger charge is 2.29. The van der Waals surface area contributed by atoms with E-state index in [4.69, 9.17) is 4.74 Å². The van der Waals surface area contributed by atoms with Gasteiger partial charge in [0.25, 0.3) is 5.91 Å². The second-order valence-electron chi connectivity index (χ2n) is 9.02. The second kappa shape index (κ2) is 10.5. The van der Waals surface area contributed by atoms with Gasteiger partial charge in [0.1, 0.15) is 17.3 Å². The van der Waals surface area contributed by atoms with E-state index in [2.05, 4.69) is 27.5 Å². The predicted octanol–water partition coefficient (Wildman–Crippen LogP) is 4.91. The SMILES string of the molecule is CCOC(=O)/C=C/c1ccc(-c2cc3nc(C(=O)N4CCc5ccccc5[C@H]4C)cc(NC)n3n2)c(F)c1. The Kier molecular flexibility index (Phi) is 6.91. The number of nitrogens with one attached hydrogen (secondary N) is 1. The van der Waals surface area contributed by atoms with Crippen molar-refractivity contribution >= 4 is 29.4 Å². The normalized spacial score (nSPS) is 15.1. The zero-order valence-corrected chi connectivity index (χ0v) is 21.4. The molecule has 1 atom stereocenters. The van der Waals surface area contributed by atoms with Gasteiger partial charge in [-0.2, -0.15) is 9.61 Å². The van der Waals surface area contributed by atoms with Crippen LogP contribution in [-0.4, -0.2) is 51.6 Å². The van der Waals surface area contributed by atoms with Crippen LogP contribution in [0.5, 0.6) is 0 Å². The quantitative estimate of drug-likeness (QED) is 0.291. The number of amides is 1. The molecule has 5 rings (SSSR count). The average molecular weight is 514 g/mol. The Morgan fingerprint density at radius 3 is 2.76 bits per heavy atom. The molecule has 0 aliphatic carbocycles. The van der Waals surface area contributed by atoms with Gasteiger partial charge in [-0.25, -0.2) is 14.2 Å². The zero-order valence-electron chi connectivity index (χ0n) is 21.4. The number of benzene rings is 2. The van der Waals surface area contributed by atoms with E-state index in [1.54, 1.807) is 42.8 Å². The lowest BCUT2D eigenvalue weighted by molar-refractivity contribution is -0.137. The number of esters is 1. The first kappa shape index (κ1) is 25.1. The number of nitrogens with zero attached hydrogens (tertiary/aromatic N) is 4. The van der Waals surface area contributed by atoms with Crippen LogP contribution in [0.3, 0.4) is 0 Å². The predicted molar refractivity (Wildman–Crippen MR) is 143 cm³/mol. The van der Waals surface area contributed by atoms with Crippen molar-refractivity contribution in [2.24, 2.45) is 0 Å². The first-order valence-corrected chi connectivity index (χ1v) is 12.5. The maximum Gasteiger partial charge on any atom is 0.330 e. The van der Waals surface area contributed by atoms with Gasteiger partial charge < -0.3 is 15.0 Å². The van der Waals surface area contributed by atoms with E-state index in [0.29, 0.717) is 35.0 Å². The fraction of sp³-hybridized carbons (Fsp3) is 0.241. The molecule has 3 heterocycles. The topological polar surface area (TPSA) is 88.8 Å². The monoisotopic (exact) mass is 513 g/mol. The van der Waals surface area contributed by atoms with Crippen LogP contribution in [0.1, 0.15) is 47.1 Å². The van der Waals surface area contributed by atoms with E-state index in [1.165, 1.54) is 23.8 Å². The minimum atomic E-state index is -0.498. The van der Waals surface area contributed by atoms with E-state index in [1.807, 2.05) is 24.0 Å². The molecular weight excluding hydrogens is 485 g/mol. The van der Waals surface area contributed by atoms with E-state index in [9.17, 15) is 9.59 Å². The fourth-order valence-corrected chi connectivity index (χ4v) is 4.79. The molecule has 0 saturated heterocycles. The standard InChI is InChI=1S/C29H28FN5O3/c1-4-38-28(36)12-10-19-9-11-22(23(30)15-19)24-16-27-32-25(17-26(31-3)35(27)33-24)29(37)34-14-13-20-7-5-6-8-21(20)18(34)2/h5-12,15-18,31H,4,13-14H2,1-3H3/b12-10+/t18-/m1/s1. The summed E-state index contributed by atoms with van der Waals surface area (Å²) in [5, 5.41) is 7.60. The summed E-state index contributed by atoms with van der Waals surface area (Å²) >= 11 is 0. The van der Waals surface area contributed by atoms with E-state index < -0.39 is 11.8 Å². The Bertz CT molecular complexity index is 1560. The van der Waals surface area contributed by atoms with Gasteiger partial charge in [-0.05, 0) is 55.2 Å². The zero-order chi connectivity index (χ0) is 26.8. The average Bonchev–Trinajstić information content (AvgIpc) is 3.35. The summed E-state index contributed by atoms with van der Waals surface area (Å²) < 4.78 is 21.4. The summed E-state index contributed by atoms with van der Waals surface area (Å²) in [4.78, 5) is 31.5.